The van der Waals surface area contributed by atoms with E-state index in [9.17, 15) is 17.6 Å². The summed E-state index contributed by atoms with van der Waals surface area (Å²) in [5, 5.41) is 0. The van der Waals surface area contributed by atoms with E-state index in [1.54, 1.807) is 13.8 Å². The topological polar surface area (TPSA) is 80.5 Å². The smallest absolute Gasteiger partial charge is 0.244 e. The van der Waals surface area contributed by atoms with Gasteiger partial charge in [-0.25, -0.2) is 12.8 Å². The van der Waals surface area contributed by atoms with Crippen molar-refractivity contribution < 1.29 is 17.6 Å². The molecule has 0 saturated carbocycles. The van der Waals surface area contributed by atoms with Crippen molar-refractivity contribution >= 4 is 15.9 Å². The van der Waals surface area contributed by atoms with Crippen LogP contribution in [-0.2, 0) is 14.8 Å². The number of carbonyl (C=O) groups is 1. The zero-order valence-corrected chi connectivity index (χ0v) is 16.3. The Morgan fingerprint density at radius 1 is 1.08 bits per heavy atom. The fourth-order valence-electron chi connectivity index (χ4n) is 3.08. The van der Waals surface area contributed by atoms with Crippen molar-refractivity contribution in [3.63, 3.8) is 0 Å². The lowest BCUT2D eigenvalue weighted by Crippen LogP contribution is -2.39. The Morgan fingerprint density at radius 3 is 2.08 bits per heavy atom. The number of likely N-dealkylation sites (N-methyl/N-ethyl adjacent to an activating group) is 1. The normalized spacial score (nSPS) is 13.0. The van der Waals surface area contributed by atoms with Gasteiger partial charge in [-0.1, -0.05) is 18.2 Å². The van der Waals surface area contributed by atoms with E-state index in [-0.39, 0.29) is 10.5 Å². The monoisotopic (exact) mass is 378 g/mol. The number of amides is 1. The molecule has 0 saturated heterocycles. The molecule has 2 aromatic carbocycles. The van der Waals surface area contributed by atoms with Gasteiger partial charge in [-0.05, 0) is 67.6 Å². The van der Waals surface area contributed by atoms with Crippen LogP contribution in [-0.4, -0.2) is 25.7 Å². The molecule has 2 aromatic rings. The predicted octanol–water partition coefficient (Wildman–Crippen LogP) is 2.91. The highest BCUT2D eigenvalue weighted by molar-refractivity contribution is 7.89. The SMILES string of the molecule is Cc1cc(C)c(C)c(S(=O)(=O)N(C)C(C(N)=O)c2cccc(F)c2)c1C. The number of aryl methyl sites for hydroxylation is 2. The summed E-state index contributed by atoms with van der Waals surface area (Å²) in [5.74, 6) is -1.44. The average Bonchev–Trinajstić information content (AvgIpc) is 2.53. The van der Waals surface area contributed by atoms with Gasteiger partial charge in [0.05, 0.1) is 4.90 Å². The molecule has 1 unspecified atom stereocenters. The first-order valence-electron chi connectivity index (χ1n) is 8.08. The summed E-state index contributed by atoms with van der Waals surface area (Å²) in [6.07, 6.45) is 0. The van der Waals surface area contributed by atoms with E-state index >= 15 is 0 Å². The Hall–Kier alpha value is -2.25. The van der Waals surface area contributed by atoms with Crippen LogP contribution in [0, 0.1) is 33.5 Å². The molecule has 0 heterocycles. The van der Waals surface area contributed by atoms with Crippen molar-refractivity contribution in [3.8, 4) is 0 Å². The van der Waals surface area contributed by atoms with E-state index < -0.39 is 27.8 Å². The summed E-state index contributed by atoms with van der Waals surface area (Å²) in [5.41, 5.74) is 8.54. The number of halogens is 1. The lowest BCUT2D eigenvalue weighted by molar-refractivity contribution is -0.121. The number of primary amides is 1. The standard InChI is InChI=1S/C19H23FN2O3S/c1-11-9-12(2)14(4)18(13(11)3)26(24,25)22(5)17(19(21)23)15-7-6-8-16(20)10-15/h6-10,17H,1-5H3,(H2,21,23). The van der Waals surface area contributed by atoms with Gasteiger partial charge < -0.3 is 5.73 Å². The predicted molar refractivity (Wildman–Crippen MR) is 98.7 cm³/mol. The van der Waals surface area contributed by atoms with Gasteiger partial charge in [0.1, 0.15) is 11.9 Å². The van der Waals surface area contributed by atoms with Crippen molar-refractivity contribution in [2.45, 2.75) is 38.6 Å². The Kier molecular flexibility index (Phi) is 5.53. The fraction of sp³-hybridized carbons (Fsp3) is 0.316. The van der Waals surface area contributed by atoms with Crippen LogP contribution < -0.4 is 5.73 Å². The summed E-state index contributed by atoms with van der Waals surface area (Å²) < 4.78 is 41.1. The van der Waals surface area contributed by atoms with Gasteiger partial charge in [0.25, 0.3) is 0 Å². The van der Waals surface area contributed by atoms with Crippen molar-refractivity contribution in [2.24, 2.45) is 5.73 Å². The maximum atomic E-state index is 13.6. The molecule has 0 radical (unpaired) electrons. The van der Waals surface area contributed by atoms with Gasteiger partial charge >= 0.3 is 0 Å². The zero-order chi connectivity index (χ0) is 19.8. The molecule has 1 atom stereocenters. The van der Waals surface area contributed by atoms with Gasteiger partial charge in [0, 0.05) is 7.05 Å². The van der Waals surface area contributed by atoms with E-state index in [0.717, 1.165) is 21.5 Å². The third-order valence-electron chi connectivity index (χ3n) is 4.73. The molecule has 140 valence electrons. The lowest BCUT2D eigenvalue weighted by atomic mass is 10.0. The first-order valence-corrected chi connectivity index (χ1v) is 9.52. The third-order valence-corrected chi connectivity index (χ3v) is 6.83. The summed E-state index contributed by atoms with van der Waals surface area (Å²) in [7, 11) is -2.76. The molecule has 0 aliphatic carbocycles. The molecule has 26 heavy (non-hydrogen) atoms. The van der Waals surface area contributed by atoms with Crippen molar-refractivity contribution in [2.75, 3.05) is 7.05 Å². The first-order chi connectivity index (χ1) is 12.0. The quantitative estimate of drug-likeness (QED) is 0.869. The Balaban J connectivity index is 2.67. The second kappa shape index (κ2) is 7.17. The number of nitrogens with zero attached hydrogens (tertiary/aromatic N) is 1. The number of nitrogens with two attached hydrogens (primary N) is 1. The molecule has 2 N–H and O–H groups in total. The van der Waals surface area contributed by atoms with Crippen LogP contribution in [0.25, 0.3) is 0 Å². The molecule has 0 fully saturated rings. The number of benzene rings is 2. The van der Waals surface area contributed by atoms with Crippen LogP contribution in [0.15, 0.2) is 35.2 Å². The van der Waals surface area contributed by atoms with E-state index in [0.29, 0.717) is 11.1 Å². The highest BCUT2D eigenvalue weighted by Gasteiger charge is 2.35. The van der Waals surface area contributed by atoms with Gasteiger partial charge in [-0.2, -0.15) is 4.31 Å². The van der Waals surface area contributed by atoms with Crippen molar-refractivity contribution in [1.82, 2.24) is 4.31 Å². The highest BCUT2D eigenvalue weighted by Crippen LogP contribution is 2.32. The Labute approximate surface area is 153 Å². The minimum Gasteiger partial charge on any atom is -0.368 e. The van der Waals surface area contributed by atoms with Crippen LogP contribution in [0.1, 0.15) is 33.9 Å². The molecule has 7 heteroatoms. The summed E-state index contributed by atoms with van der Waals surface area (Å²) in [6, 6.07) is 5.83. The van der Waals surface area contributed by atoms with Crippen LogP contribution in [0.3, 0.4) is 0 Å². The molecular weight excluding hydrogens is 355 g/mol. The summed E-state index contributed by atoms with van der Waals surface area (Å²) in [4.78, 5) is 12.2. The number of hydrogen-bond donors (Lipinski definition) is 1. The fourth-order valence-corrected chi connectivity index (χ4v) is 4.97. The van der Waals surface area contributed by atoms with Crippen molar-refractivity contribution in [1.29, 1.82) is 0 Å². The van der Waals surface area contributed by atoms with Gasteiger partial charge in [0.15, 0.2) is 0 Å². The van der Waals surface area contributed by atoms with Crippen LogP contribution in [0.5, 0.6) is 0 Å². The third kappa shape index (κ3) is 3.50. The second-order valence-corrected chi connectivity index (χ2v) is 8.40. The Morgan fingerprint density at radius 2 is 1.62 bits per heavy atom. The van der Waals surface area contributed by atoms with Crippen LogP contribution in [0.4, 0.5) is 4.39 Å². The number of sulfonamides is 1. The minimum atomic E-state index is -4.04. The summed E-state index contributed by atoms with van der Waals surface area (Å²) >= 11 is 0. The molecule has 0 aliphatic heterocycles. The molecule has 1 amide bonds. The molecule has 0 aliphatic rings. The highest BCUT2D eigenvalue weighted by atomic mass is 32.2. The van der Waals surface area contributed by atoms with E-state index in [2.05, 4.69) is 0 Å². The molecule has 0 bridgehead atoms. The zero-order valence-electron chi connectivity index (χ0n) is 15.5. The maximum absolute atomic E-state index is 13.6. The van der Waals surface area contributed by atoms with Crippen LogP contribution >= 0.6 is 0 Å². The van der Waals surface area contributed by atoms with E-state index in [1.165, 1.54) is 25.2 Å². The van der Waals surface area contributed by atoms with E-state index in [1.807, 2.05) is 19.9 Å². The molecule has 0 aromatic heterocycles. The number of hydrogen-bond acceptors (Lipinski definition) is 3. The molecular formula is C19H23FN2O3S. The lowest BCUT2D eigenvalue weighted by Gasteiger charge is -2.27. The molecule has 2 rings (SSSR count). The summed E-state index contributed by atoms with van der Waals surface area (Å²) in [6.45, 7) is 7.12. The molecule has 5 nitrogen and oxygen atoms in total. The van der Waals surface area contributed by atoms with Crippen molar-refractivity contribution in [3.05, 3.63) is 64.0 Å². The van der Waals surface area contributed by atoms with Gasteiger partial charge in [-0.15, -0.1) is 0 Å². The second-order valence-electron chi connectivity index (χ2n) is 6.47. The number of rotatable bonds is 5. The minimum absolute atomic E-state index is 0.153. The largest absolute Gasteiger partial charge is 0.368 e. The van der Waals surface area contributed by atoms with Crippen LogP contribution in [0.2, 0.25) is 0 Å². The van der Waals surface area contributed by atoms with Gasteiger partial charge in [0.2, 0.25) is 15.9 Å². The average molecular weight is 378 g/mol. The Bertz CT molecular complexity index is 945. The van der Waals surface area contributed by atoms with E-state index in [4.69, 9.17) is 5.73 Å². The molecule has 0 spiro atoms. The maximum Gasteiger partial charge on any atom is 0.244 e. The van der Waals surface area contributed by atoms with Gasteiger partial charge in [-0.3, -0.25) is 4.79 Å². The first kappa shape index (κ1) is 20.1. The number of carbonyl (C=O) groups excluding carboxylic acids is 1.